The number of hydrogen-bond acceptors (Lipinski definition) is 4. The van der Waals surface area contributed by atoms with Crippen LogP contribution in [0.4, 0.5) is 4.79 Å². The molecule has 2 rings (SSSR count). The number of piperidine rings is 1. The predicted octanol–water partition coefficient (Wildman–Crippen LogP) is 1.60. The summed E-state index contributed by atoms with van der Waals surface area (Å²) in [4.78, 5) is 13.8. The summed E-state index contributed by atoms with van der Waals surface area (Å²) in [5.41, 5.74) is 6.62. The van der Waals surface area contributed by atoms with Gasteiger partial charge in [-0.2, -0.15) is 5.10 Å². The van der Waals surface area contributed by atoms with Gasteiger partial charge in [0.1, 0.15) is 5.60 Å². The molecule has 6 nitrogen and oxygen atoms in total. The molecule has 1 aliphatic heterocycles. The third kappa shape index (κ3) is 3.12. The van der Waals surface area contributed by atoms with Gasteiger partial charge in [-0.1, -0.05) is 0 Å². The second-order valence-electron chi connectivity index (χ2n) is 6.46. The molecule has 1 aromatic rings. The summed E-state index contributed by atoms with van der Waals surface area (Å²) in [6.07, 6.45) is 2.92. The van der Waals surface area contributed by atoms with Crippen LogP contribution in [-0.2, 0) is 17.3 Å². The van der Waals surface area contributed by atoms with Gasteiger partial charge in [0.25, 0.3) is 0 Å². The van der Waals surface area contributed by atoms with E-state index < -0.39 is 11.1 Å². The highest BCUT2D eigenvalue weighted by molar-refractivity contribution is 5.68. The number of nitrogens with zero attached hydrogens (tertiary/aromatic N) is 3. The lowest BCUT2D eigenvalue weighted by atomic mass is 9.85. The first-order valence-corrected chi connectivity index (χ1v) is 6.97. The normalized spacial score (nSPS) is 18.9. The third-order valence-electron chi connectivity index (χ3n) is 3.64. The van der Waals surface area contributed by atoms with Crippen molar-refractivity contribution in [3.8, 4) is 0 Å². The molecule has 1 saturated heterocycles. The van der Waals surface area contributed by atoms with E-state index in [1.807, 2.05) is 38.6 Å². The maximum atomic E-state index is 12.0. The minimum absolute atomic E-state index is 0.260. The Morgan fingerprint density at radius 2 is 2.00 bits per heavy atom. The molecule has 1 amide bonds. The molecule has 0 saturated carbocycles. The molecule has 0 aliphatic carbocycles. The number of nitrogens with two attached hydrogens (primary N) is 1. The van der Waals surface area contributed by atoms with E-state index in [4.69, 9.17) is 10.5 Å². The molecule has 6 heteroatoms. The van der Waals surface area contributed by atoms with Crippen molar-refractivity contribution in [2.75, 3.05) is 13.1 Å². The van der Waals surface area contributed by atoms with Crippen LogP contribution in [0, 0.1) is 0 Å². The predicted molar refractivity (Wildman–Crippen MR) is 76.1 cm³/mol. The van der Waals surface area contributed by atoms with Crippen molar-refractivity contribution in [2.24, 2.45) is 12.8 Å². The molecular weight excluding hydrogens is 256 g/mol. The Balaban J connectivity index is 1.99. The molecule has 2 heterocycles. The number of ether oxygens (including phenoxy) is 1. The van der Waals surface area contributed by atoms with Gasteiger partial charge in [0, 0.05) is 26.3 Å². The smallest absolute Gasteiger partial charge is 0.410 e. The number of rotatable bonds is 1. The third-order valence-corrected chi connectivity index (χ3v) is 3.64. The second kappa shape index (κ2) is 5.09. The van der Waals surface area contributed by atoms with E-state index in [-0.39, 0.29) is 6.09 Å². The minimum Gasteiger partial charge on any atom is -0.444 e. The summed E-state index contributed by atoms with van der Waals surface area (Å²) >= 11 is 0. The van der Waals surface area contributed by atoms with E-state index in [9.17, 15) is 4.79 Å². The number of amides is 1. The van der Waals surface area contributed by atoms with Crippen LogP contribution in [0.1, 0.15) is 39.3 Å². The summed E-state index contributed by atoms with van der Waals surface area (Å²) in [7, 11) is 1.89. The fourth-order valence-electron chi connectivity index (χ4n) is 2.53. The van der Waals surface area contributed by atoms with Crippen LogP contribution >= 0.6 is 0 Å². The van der Waals surface area contributed by atoms with E-state index in [1.54, 1.807) is 11.1 Å². The van der Waals surface area contributed by atoms with E-state index >= 15 is 0 Å². The first kappa shape index (κ1) is 14.8. The monoisotopic (exact) mass is 280 g/mol. The van der Waals surface area contributed by atoms with Crippen molar-refractivity contribution in [1.29, 1.82) is 0 Å². The molecule has 112 valence electrons. The lowest BCUT2D eigenvalue weighted by Gasteiger charge is -2.39. The lowest BCUT2D eigenvalue weighted by Crippen LogP contribution is -2.51. The molecule has 0 bridgehead atoms. The quantitative estimate of drug-likeness (QED) is 0.848. The maximum Gasteiger partial charge on any atom is 0.410 e. The molecule has 0 atom stereocenters. The number of hydrogen-bond donors (Lipinski definition) is 1. The molecular formula is C14H24N4O2. The molecule has 1 fully saturated rings. The Bertz CT molecular complexity index is 482. The van der Waals surface area contributed by atoms with Crippen LogP contribution in [-0.4, -0.2) is 39.5 Å². The highest BCUT2D eigenvalue weighted by Gasteiger charge is 2.37. The number of likely N-dealkylation sites (tertiary alicyclic amines) is 1. The molecule has 0 aromatic carbocycles. The number of carbonyl (C=O) groups is 1. The maximum absolute atomic E-state index is 12.0. The van der Waals surface area contributed by atoms with Crippen LogP contribution in [0.3, 0.4) is 0 Å². The Kier molecular flexibility index (Phi) is 3.77. The van der Waals surface area contributed by atoms with Crippen molar-refractivity contribution < 1.29 is 9.53 Å². The summed E-state index contributed by atoms with van der Waals surface area (Å²) in [6.45, 7) is 6.83. The van der Waals surface area contributed by atoms with E-state index in [0.29, 0.717) is 25.9 Å². The Morgan fingerprint density at radius 3 is 2.45 bits per heavy atom. The van der Waals surface area contributed by atoms with Gasteiger partial charge in [0.05, 0.1) is 11.2 Å². The first-order valence-electron chi connectivity index (χ1n) is 6.97. The van der Waals surface area contributed by atoms with Gasteiger partial charge in [0.15, 0.2) is 0 Å². The van der Waals surface area contributed by atoms with Gasteiger partial charge in [-0.15, -0.1) is 0 Å². The van der Waals surface area contributed by atoms with Gasteiger partial charge in [0.2, 0.25) is 0 Å². The Hall–Kier alpha value is -1.56. The number of carbonyl (C=O) groups excluding carboxylic acids is 1. The van der Waals surface area contributed by atoms with Crippen LogP contribution < -0.4 is 5.73 Å². The largest absolute Gasteiger partial charge is 0.444 e. The molecule has 0 unspecified atom stereocenters. The van der Waals surface area contributed by atoms with Crippen LogP contribution in [0.25, 0.3) is 0 Å². The molecule has 20 heavy (non-hydrogen) atoms. The van der Waals surface area contributed by atoms with Crippen LogP contribution in [0.2, 0.25) is 0 Å². The fraction of sp³-hybridized carbons (Fsp3) is 0.714. The van der Waals surface area contributed by atoms with E-state index in [1.165, 1.54) is 0 Å². The zero-order chi connectivity index (χ0) is 15.0. The van der Waals surface area contributed by atoms with Gasteiger partial charge >= 0.3 is 6.09 Å². The average molecular weight is 280 g/mol. The SMILES string of the molecule is Cn1nccc1C1(N)CCN(C(=O)OC(C)(C)C)CC1. The van der Waals surface area contributed by atoms with Crippen molar-refractivity contribution >= 4 is 6.09 Å². The highest BCUT2D eigenvalue weighted by atomic mass is 16.6. The summed E-state index contributed by atoms with van der Waals surface area (Å²) in [6, 6.07) is 1.95. The lowest BCUT2D eigenvalue weighted by molar-refractivity contribution is 0.0163. The van der Waals surface area contributed by atoms with E-state index in [2.05, 4.69) is 5.10 Å². The topological polar surface area (TPSA) is 73.4 Å². The van der Waals surface area contributed by atoms with Crippen molar-refractivity contribution in [1.82, 2.24) is 14.7 Å². The van der Waals surface area contributed by atoms with Crippen LogP contribution in [0.5, 0.6) is 0 Å². The molecule has 2 N–H and O–H groups in total. The van der Waals surface area contributed by atoms with Gasteiger partial charge < -0.3 is 15.4 Å². The summed E-state index contributed by atoms with van der Waals surface area (Å²) in [5.74, 6) is 0. The molecule has 0 radical (unpaired) electrons. The van der Waals surface area contributed by atoms with Gasteiger partial charge in [-0.3, -0.25) is 4.68 Å². The minimum atomic E-state index is -0.462. The standard InChI is InChI=1S/C14H24N4O2/c1-13(2,3)20-12(19)18-9-6-14(15,7-10-18)11-5-8-16-17(11)4/h5,8H,6-7,9-10,15H2,1-4H3. The molecule has 0 spiro atoms. The fourth-order valence-corrected chi connectivity index (χ4v) is 2.53. The zero-order valence-corrected chi connectivity index (χ0v) is 12.7. The van der Waals surface area contributed by atoms with Crippen molar-refractivity contribution in [3.63, 3.8) is 0 Å². The Labute approximate surface area is 119 Å². The summed E-state index contributed by atoms with van der Waals surface area (Å²) < 4.78 is 7.20. The second-order valence-corrected chi connectivity index (χ2v) is 6.46. The zero-order valence-electron chi connectivity index (χ0n) is 12.7. The van der Waals surface area contributed by atoms with Crippen LogP contribution in [0.15, 0.2) is 12.3 Å². The van der Waals surface area contributed by atoms with Gasteiger partial charge in [-0.25, -0.2) is 4.79 Å². The molecule has 1 aliphatic rings. The number of aryl methyl sites for hydroxylation is 1. The number of aromatic nitrogens is 2. The van der Waals surface area contributed by atoms with Gasteiger partial charge in [-0.05, 0) is 39.7 Å². The molecule has 1 aromatic heterocycles. The first-order chi connectivity index (χ1) is 9.21. The summed E-state index contributed by atoms with van der Waals surface area (Å²) in [5, 5.41) is 4.17. The van der Waals surface area contributed by atoms with E-state index in [0.717, 1.165) is 5.69 Å². The van der Waals surface area contributed by atoms with Crippen molar-refractivity contribution in [3.05, 3.63) is 18.0 Å². The highest BCUT2D eigenvalue weighted by Crippen LogP contribution is 2.30. The Morgan fingerprint density at radius 1 is 1.40 bits per heavy atom. The van der Waals surface area contributed by atoms with Crippen molar-refractivity contribution in [2.45, 2.75) is 44.8 Å². The average Bonchev–Trinajstić information content (AvgIpc) is 2.74.